The zero-order chi connectivity index (χ0) is 21.6. The van der Waals surface area contributed by atoms with Gasteiger partial charge in [0.25, 0.3) is 0 Å². The molecule has 0 bridgehead atoms. The first kappa shape index (κ1) is 21.4. The van der Waals surface area contributed by atoms with E-state index in [1.165, 1.54) is 57.8 Å². The summed E-state index contributed by atoms with van der Waals surface area (Å²) in [5.41, 5.74) is 1.00. The highest BCUT2D eigenvalue weighted by Gasteiger charge is 2.69. The molecule has 0 radical (unpaired) electrons. The highest BCUT2D eigenvalue weighted by Crippen LogP contribution is 2.71. The topological polar surface area (TPSA) is 27.7 Å². The van der Waals surface area contributed by atoms with Crippen molar-refractivity contribution in [3.8, 4) is 0 Å². The predicted molar refractivity (Wildman–Crippen MR) is 123 cm³/mol. The van der Waals surface area contributed by atoms with Gasteiger partial charge in [0.1, 0.15) is 0 Å². The molecule has 0 N–H and O–H groups in total. The third-order valence-electron chi connectivity index (χ3n) is 12.2. The molecule has 4 saturated carbocycles. The first-order valence-corrected chi connectivity index (χ1v) is 13.7. The molecule has 5 unspecified atom stereocenters. The number of fused-ring (bicyclic) bond motifs is 7. The second-order valence-electron chi connectivity index (χ2n) is 13.3. The molecule has 2 aliphatic heterocycles. The molecule has 0 amide bonds. The van der Waals surface area contributed by atoms with Gasteiger partial charge >= 0.3 is 0 Å². The summed E-state index contributed by atoms with van der Waals surface area (Å²) in [5, 5.41) is 0. The Labute approximate surface area is 190 Å². The quantitative estimate of drug-likeness (QED) is 0.478. The van der Waals surface area contributed by atoms with Crippen LogP contribution in [0.4, 0.5) is 0 Å². The van der Waals surface area contributed by atoms with Gasteiger partial charge in [-0.2, -0.15) is 0 Å². The van der Waals surface area contributed by atoms with Crippen LogP contribution in [0.1, 0.15) is 91.9 Å². The lowest BCUT2D eigenvalue weighted by atomic mass is 9.44. The van der Waals surface area contributed by atoms with Crippen molar-refractivity contribution < 1.29 is 14.2 Å². The van der Waals surface area contributed by atoms with Crippen molar-refractivity contribution in [1.82, 2.24) is 0 Å². The highest BCUT2D eigenvalue weighted by atomic mass is 16.7. The molecule has 12 atom stereocenters. The van der Waals surface area contributed by atoms with Gasteiger partial charge in [0, 0.05) is 19.4 Å². The highest BCUT2D eigenvalue weighted by molar-refractivity contribution is 5.15. The third-order valence-corrected chi connectivity index (χ3v) is 12.2. The Morgan fingerprint density at radius 1 is 0.839 bits per heavy atom. The van der Waals surface area contributed by atoms with Crippen LogP contribution < -0.4 is 0 Å². The summed E-state index contributed by atoms with van der Waals surface area (Å²) in [6.45, 7) is 11.0. The van der Waals surface area contributed by atoms with E-state index in [9.17, 15) is 0 Å². The number of methoxy groups -OCH3 is 1. The Hall–Kier alpha value is -0.120. The van der Waals surface area contributed by atoms with E-state index < -0.39 is 0 Å². The van der Waals surface area contributed by atoms with Crippen LogP contribution in [0, 0.1) is 52.3 Å². The smallest absolute Gasteiger partial charge is 0.171 e. The average Bonchev–Trinajstić information content (AvgIpc) is 3.20. The van der Waals surface area contributed by atoms with E-state index in [-0.39, 0.29) is 5.79 Å². The lowest BCUT2D eigenvalue weighted by Gasteiger charge is -2.61. The predicted octanol–water partition coefficient (Wildman–Crippen LogP) is 6.45. The molecule has 6 aliphatic rings. The van der Waals surface area contributed by atoms with Crippen molar-refractivity contribution in [3.05, 3.63) is 0 Å². The van der Waals surface area contributed by atoms with Gasteiger partial charge in [0.15, 0.2) is 5.79 Å². The van der Waals surface area contributed by atoms with Crippen LogP contribution in [0.25, 0.3) is 0 Å². The molecule has 1 spiro atoms. The van der Waals surface area contributed by atoms with E-state index >= 15 is 0 Å². The molecule has 2 heterocycles. The Morgan fingerprint density at radius 2 is 1.65 bits per heavy atom. The maximum atomic E-state index is 6.93. The summed E-state index contributed by atoms with van der Waals surface area (Å²) in [4.78, 5) is 0. The van der Waals surface area contributed by atoms with Crippen LogP contribution in [-0.2, 0) is 14.2 Å². The van der Waals surface area contributed by atoms with Crippen molar-refractivity contribution in [2.45, 2.75) is 110 Å². The average molecular weight is 431 g/mol. The van der Waals surface area contributed by atoms with Gasteiger partial charge < -0.3 is 14.2 Å². The Bertz CT molecular complexity index is 698. The zero-order valence-electron chi connectivity index (χ0n) is 20.7. The summed E-state index contributed by atoms with van der Waals surface area (Å²) < 4.78 is 19.2. The van der Waals surface area contributed by atoms with Crippen LogP contribution in [0.5, 0.6) is 0 Å². The summed E-state index contributed by atoms with van der Waals surface area (Å²) in [6.07, 6.45) is 14.3. The van der Waals surface area contributed by atoms with Gasteiger partial charge in [-0.1, -0.05) is 27.7 Å². The molecule has 6 fully saturated rings. The lowest BCUT2D eigenvalue weighted by Crippen LogP contribution is -2.55. The molecule has 176 valence electrons. The van der Waals surface area contributed by atoms with Crippen LogP contribution in [-0.4, -0.2) is 31.7 Å². The van der Waals surface area contributed by atoms with E-state index in [4.69, 9.17) is 14.2 Å². The molecule has 4 aliphatic carbocycles. The molecular formula is C28H46O3. The Balaban J connectivity index is 1.24. The second-order valence-corrected chi connectivity index (χ2v) is 13.3. The summed E-state index contributed by atoms with van der Waals surface area (Å²) in [7, 11) is 1.92. The fourth-order valence-corrected chi connectivity index (χ4v) is 10.5. The normalized spacial score (nSPS) is 60.9. The standard InChI is InChI=1S/C28H46O3/c1-17-8-13-28(30-16-17)18(2)25-24(31-28)15-23-21-7-6-19-14-20(29-5)9-11-26(19,3)22(21)10-12-27(23,25)4/h17-25H,6-16H2,1-5H3/t17?,18-,19+,20-,21?,22?,23?,24-,25?,26-,27-,28+/m0/s1. The molecule has 2 saturated heterocycles. The minimum atomic E-state index is -0.269. The molecule has 0 aromatic carbocycles. The van der Waals surface area contributed by atoms with Crippen LogP contribution in [0.15, 0.2) is 0 Å². The Morgan fingerprint density at radius 3 is 2.39 bits per heavy atom. The van der Waals surface area contributed by atoms with Gasteiger partial charge in [-0.15, -0.1) is 0 Å². The SMILES string of the molecule is CO[C@H]1CC[C@]2(C)C3CC[C@@]4(C)C(C[C@@H]5O[C@]6(CCC(C)CO6)[C@@H](C)C54)C3CC[C@@H]2C1. The molecular weight excluding hydrogens is 384 g/mol. The lowest BCUT2D eigenvalue weighted by molar-refractivity contribution is -0.273. The van der Waals surface area contributed by atoms with Crippen LogP contribution in [0.3, 0.4) is 0 Å². The maximum Gasteiger partial charge on any atom is 0.171 e. The third kappa shape index (κ3) is 2.88. The van der Waals surface area contributed by atoms with Crippen LogP contribution >= 0.6 is 0 Å². The summed E-state index contributed by atoms with van der Waals surface area (Å²) in [5.74, 6) is 5.25. The van der Waals surface area contributed by atoms with Crippen LogP contribution in [0.2, 0.25) is 0 Å². The van der Waals surface area contributed by atoms with Gasteiger partial charge in [-0.3, -0.25) is 0 Å². The van der Waals surface area contributed by atoms with Crippen molar-refractivity contribution in [1.29, 1.82) is 0 Å². The van der Waals surface area contributed by atoms with E-state index in [1.54, 1.807) is 0 Å². The molecule has 3 heteroatoms. The largest absolute Gasteiger partial charge is 0.381 e. The van der Waals surface area contributed by atoms with E-state index in [0.717, 1.165) is 36.7 Å². The maximum absolute atomic E-state index is 6.93. The minimum Gasteiger partial charge on any atom is -0.381 e. The van der Waals surface area contributed by atoms with E-state index in [1.807, 2.05) is 7.11 Å². The molecule has 3 nitrogen and oxygen atoms in total. The van der Waals surface area contributed by atoms with Crippen molar-refractivity contribution in [2.75, 3.05) is 13.7 Å². The van der Waals surface area contributed by atoms with Crippen molar-refractivity contribution in [2.24, 2.45) is 52.3 Å². The summed E-state index contributed by atoms with van der Waals surface area (Å²) >= 11 is 0. The van der Waals surface area contributed by atoms with Gasteiger partial charge in [0.2, 0.25) is 0 Å². The van der Waals surface area contributed by atoms with Gasteiger partial charge in [-0.25, -0.2) is 0 Å². The van der Waals surface area contributed by atoms with E-state index in [0.29, 0.717) is 40.8 Å². The second kappa shape index (κ2) is 7.19. The molecule has 0 aromatic rings. The summed E-state index contributed by atoms with van der Waals surface area (Å²) in [6, 6.07) is 0. The number of rotatable bonds is 1. The monoisotopic (exact) mass is 430 g/mol. The first-order chi connectivity index (χ1) is 14.8. The minimum absolute atomic E-state index is 0.269. The molecule has 6 rings (SSSR count). The number of ether oxygens (including phenoxy) is 3. The fourth-order valence-electron chi connectivity index (χ4n) is 10.5. The van der Waals surface area contributed by atoms with Crippen molar-refractivity contribution >= 4 is 0 Å². The Kier molecular flexibility index (Phi) is 4.97. The van der Waals surface area contributed by atoms with Gasteiger partial charge in [0.05, 0.1) is 18.8 Å². The fraction of sp³-hybridized carbons (Fsp3) is 1.00. The molecule has 0 aromatic heterocycles. The number of hydrogen-bond acceptors (Lipinski definition) is 3. The molecule has 31 heavy (non-hydrogen) atoms. The first-order valence-electron chi connectivity index (χ1n) is 13.7. The number of hydrogen-bond donors (Lipinski definition) is 0. The van der Waals surface area contributed by atoms with Gasteiger partial charge in [-0.05, 0) is 104 Å². The van der Waals surface area contributed by atoms with Crippen molar-refractivity contribution in [3.63, 3.8) is 0 Å². The zero-order valence-corrected chi connectivity index (χ0v) is 20.7. The van der Waals surface area contributed by atoms with E-state index in [2.05, 4.69) is 27.7 Å².